The van der Waals surface area contributed by atoms with Crippen LogP contribution in [0, 0.1) is 6.92 Å². The van der Waals surface area contributed by atoms with Gasteiger partial charge in [-0.15, -0.1) is 0 Å². The molecule has 0 saturated heterocycles. The summed E-state index contributed by atoms with van der Waals surface area (Å²) < 4.78 is 5.28. The van der Waals surface area contributed by atoms with Gasteiger partial charge < -0.3 is 9.84 Å². The Hall–Kier alpha value is -1.61. The average molecular weight is 338 g/mol. The van der Waals surface area contributed by atoms with Crippen molar-refractivity contribution in [2.45, 2.75) is 59.0 Å². The highest BCUT2D eigenvalue weighted by molar-refractivity contribution is 7.33. The van der Waals surface area contributed by atoms with Gasteiger partial charge in [0, 0.05) is 24.0 Å². The van der Waals surface area contributed by atoms with Gasteiger partial charge in [0.15, 0.2) is 0 Å². The number of carbonyl (C=O) groups excluding carboxylic acids is 2. The maximum Gasteiger partial charge on any atom is 0.414 e. The molecule has 0 aliphatic carbocycles. The Bertz CT molecular complexity index is 535. The molecule has 0 fully saturated rings. The second-order valence-electron chi connectivity index (χ2n) is 5.74. The summed E-state index contributed by atoms with van der Waals surface area (Å²) in [6, 6.07) is 5.36. The summed E-state index contributed by atoms with van der Waals surface area (Å²) >= 11 is 0. The maximum absolute atomic E-state index is 11.9. The summed E-state index contributed by atoms with van der Waals surface area (Å²) in [5.41, 5.74) is 2.62. The summed E-state index contributed by atoms with van der Waals surface area (Å²) in [7, 11) is 0.159. The summed E-state index contributed by atoms with van der Waals surface area (Å²) in [5.74, 6) is -0.143. The molecule has 0 bridgehead atoms. The van der Waals surface area contributed by atoms with Gasteiger partial charge in [-0.3, -0.25) is 10.1 Å². The molecule has 2 unspecified atom stereocenters. The van der Waals surface area contributed by atoms with Crippen molar-refractivity contribution in [2.24, 2.45) is 0 Å². The number of unbranched alkanes of at least 4 members (excludes halogenated alkanes) is 2. The molecular weight excluding hydrogens is 311 g/mol. The van der Waals surface area contributed by atoms with Gasteiger partial charge in [-0.05, 0) is 31.0 Å². The second kappa shape index (κ2) is 10.2. The van der Waals surface area contributed by atoms with E-state index >= 15 is 0 Å². The zero-order valence-electron chi connectivity index (χ0n) is 14.4. The van der Waals surface area contributed by atoms with E-state index in [-0.39, 0.29) is 14.7 Å². The van der Waals surface area contributed by atoms with Gasteiger partial charge in [-0.1, -0.05) is 39.2 Å². The number of rotatable bonds is 8. The molecule has 1 aromatic carbocycles. The van der Waals surface area contributed by atoms with Crippen molar-refractivity contribution in [3.8, 4) is 0 Å². The molecule has 0 saturated carbocycles. The van der Waals surface area contributed by atoms with Crippen LogP contribution in [0.15, 0.2) is 18.2 Å². The highest BCUT2D eigenvalue weighted by atomic mass is 31.1. The first-order valence-electron chi connectivity index (χ1n) is 8.04. The molecule has 128 valence electrons. The van der Waals surface area contributed by atoms with Crippen LogP contribution in [0.5, 0.6) is 0 Å². The van der Waals surface area contributed by atoms with Crippen LogP contribution in [0.25, 0.3) is 0 Å². The Morgan fingerprint density at radius 1 is 1.26 bits per heavy atom. The van der Waals surface area contributed by atoms with Gasteiger partial charge in [0.05, 0.1) is 8.81 Å². The molecule has 0 spiro atoms. The topological polar surface area (TPSA) is 67.4 Å². The van der Waals surface area contributed by atoms with Crippen molar-refractivity contribution < 1.29 is 14.1 Å². The van der Waals surface area contributed by atoms with Gasteiger partial charge in [-0.25, -0.2) is 4.79 Å². The lowest BCUT2D eigenvalue weighted by molar-refractivity contribution is -0.114. The van der Waals surface area contributed by atoms with Gasteiger partial charge >= 0.3 is 6.09 Å². The van der Waals surface area contributed by atoms with E-state index in [0.29, 0.717) is 17.0 Å². The fourth-order valence-corrected chi connectivity index (χ4v) is 2.76. The Morgan fingerprint density at radius 2 is 2.00 bits per heavy atom. The van der Waals surface area contributed by atoms with Crippen LogP contribution < -0.4 is 10.6 Å². The van der Waals surface area contributed by atoms with E-state index < -0.39 is 6.09 Å². The zero-order chi connectivity index (χ0) is 17.2. The molecule has 2 atom stereocenters. The number of anilines is 2. The van der Waals surface area contributed by atoms with Gasteiger partial charge in [0.2, 0.25) is 5.91 Å². The Morgan fingerprint density at radius 3 is 2.65 bits per heavy atom. The van der Waals surface area contributed by atoms with Crippen molar-refractivity contribution in [1.29, 1.82) is 0 Å². The van der Waals surface area contributed by atoms with E-state index in [1.54, 1.807) is 12.1 Å². The van der Waals surface area contributed by atoms with Crippen molar-refractivity contribution in [3.05, 3.63) is 23.8 Å². The minimum atomic E-state index is -0.455. The normalized spacial score (nSPS) is 12.2. The van der Waals surface area contributed by atoms with Crippen LogP contribution in [-0.2, 0) is 9.32 Å². The summed E-state index contributed by atoms with van der Waals surface area (Å²) in [6.07, 6.45) is 4.21. The predicted octanol–water partition coefficient (Wildman–Crippen LogP) is 5.06. The average Bonchev–Trinajstić information content (AvgIpc) is 2.48. The number of hydrogen-bond acceptors (Lipinski definition) is 3. The fourth-order valence-electron chi connectivity index (χ4n) is 2.08. The predicted molar refractivity (Wildman–Crippen MR) is 97.5 cm³/mol. The SMILES string of the molecule is CCCCCC(C)POC(=O)Nc1ccc(C)c(NC(C)=O)c1. The molecule has 1 aromatic rings. The lowest BCUT2D eigenvalue weighted by Gasteiger charge is -2.13. The van der Waals surface area contributed by atoms with E-state index in [0.717, 1.165) is 12.0 Å². The molecule has 2 N–H and O–H groups in total. The van der Waals surface area contributed by atoms with Crippen LogP contribution in [-0.4, -0.2) is 17.7 Å². The molecule has 0 aliphatic heterocycles. The van der Waals surface area contributed by atoms with Crippen molar-refractivity contribution in [1.82, 2.24) is 0 Å². The smallest absolute Gasteiger partial charge is 0.414 e. The molecule has 0 radical (unpaired) electrons. The van der Waals surface area contributed by atoms with Crippen LogP contribution in [0.3, 0.4) is 0 Å². The molecule has 0 aliphatic rings. The number of benzene rings is 1. The highest BCUT2D eigenvalue weighted by Gasteiger charge is 2.09. The summed E-state index contributed by atoms with van der Waals surface area (Å²) in [5, 5.41) is 5.44. The van der Waals surface area contributed by atoms with Crippen LogP contribution in [0.2, 0.25) is 0 Å². The van der Waals surface area contributed by atoms with Crippen molar-refractivity contribution in [2.75, 3.05) is 10.6 Å². The fraction of sp³-hybridized carbons (Fsp3) is 0.529. The third-order valence-electron chi connectivity index (χ3n) is 3.39. The monoisotopic (exact) mass is 338 g/mol. The van der Waals surface area contributed by atoms with Gasteiger partial charge in [0.25, 0.3) is 0 Å². The number of carbonyl (C=O) groups is 2. The van der Waals surface area contributed by atoms with E-state index in [1.165, 1.54) is 26.2 Å². The third kappa shape index (κ3) is 7.98. The van der Waals surface area contributed by atoms with E-state index in [2.05, 4.69) is 24.5 Å². The molecule has 1 rings (SSSR count). The maximum atomic E-state index is 11.9. The molecule has 23 heavy (non-hydrogen) atoms. The number of aryl methyl sites for hydroxylation is 1. The molecule has 0 aromatic heterocycles. The standard InChI is InChI=1S/C17H27N2O3P/c1-5-6-7-8-13(3)23-22-17(21)19-15-10-9-12(2)16(11-15)18-14(4)20/h9-11,13,23H,5-8H2,1-4H3,(H,18,20)(H,19,21). The lowest BCUT2D eigenvalue weighted by Crippen LogP contribution is -2.12. The van der Waals surface area contributed by atoms with Crippen LogP contribution >= 0.6 is 8.81 Å². The number of hydrogen-bond donors (Lipinski definition) is 2. The first kappa shape index (κ1) is 19.4. The quantitative estimate of drug-likeness (QED) is 0.514. The number of nitrogens with one attached hydrogen (secondary N) is 2. The largest absolute Gasteiger partial charge is 0.432 e. The zero-order valence-corrected chi connectivity index (χ0v) is 15.4. The van der Waals surface area contributed by atoms with Gasteiger partial charge in [-0.2, -0.15) is 0 Å². The third-order valence-corrected chi connectivity index (χ3v) is 4.38. The first-order valence-corrected chi connectivity index (χ1v) is 9.02. The second-order valence-corrected chi connectivity index (χ2v) is 7.17. The molecule has 6 heteroatoms. The molecular formula is C17H27N2O3P. The summed E-state index contributed by atoms with van der Waals surface area (Å²) in [4.78, 5) is 23.0. The van der Waals surface area contributed by atoms with Gasteiger partial charge in [0.1, 0.15) is 0 Å². The van der Waals surface area contributed by atoms with Crippen LogP contribution in [0.1, 0.15) is 52.0 Å². The first-order chi connectivity index (χ1) is 10.9. The Kier molecular flexibility index (Phi) is 8.64. The summed E-state index contributed by atoms with van der Waals surface area (Å²) in [6.45, 7) is 7.62. The molecule has 0 heterocycles. The lowest BCUT2D eigenvalue weighted by atomic mass is 10.2. The molecule has 2 amide bonds. The number of amides is 2. The van der Waals surface area contributed by atoms with E-state index in [9.17, 15) is 9.59 Å². The van der Waals surface area contributed by atoms with Crippen LogP contribution in [0.4, 0.5) is 16.2 Å². The van der Waals surface area contributed by atoms with E-state index in [4.69, 9.17) is 4.52 Å². The highest BCUT2D eigenvalue weighted by Crippen LogP contribution is 2.26. The minimum absolute atomic E-state index is 0.143. The van der Waals surface area contributed by atoms with E-state index in [1.807, 2.05) is 13.0 Å². The Balaban J connectivity index is 2.46. The Labute approximate surface area is 140 Å². The van der Waals surface area contributed by atoms with Crippen molar-refractivity contribution in [3.63, 3.8) is 0 Å². The minimum Gasteiger partial charge on any atom is -0.432 e. The van der Waals surface area contributed by atoms with Crippen molar-refractivity contribution >= 4 is 32.2 Å². The molecule has 5 nitrogen and oxygen atoms in total.